The van der Waals surface area contributed by atoms with Crippen molar-refractivity contribution < 1.29 is 9.53 Å². The monoisotopic (exact) mass is 351 g/mol. The molecule has 0 saturated heterocycles. The normalized spacial score (nSPS) is 10.9. The van der Waals surface area contributed by atoms with Gasteiger partial charge in [-0.3, -0.25) is 0 Å². The van der Waals surface area contributed by atoms with Crippen molar-refractivity contribution in [2.45, 2.75) is 33.4 Å². The van der Waals surface area contributed by atoms with Crippen LogP contribution in [0.4, 0.5) is 10.5 Å². The second-order valence-corrected chi connectivity index (χ2v) is 6.47. The number of amides is 2. The molecule has 0 aliphatic rings. The maximum absolute atomic E-state index is 12.8. The summed E-state index contributed by atoms with van der Waals surface area (Å²) in [7, 11) is 0. The zero-order valence-corrected chi connectivity index (χ0v) is 15.5. The number of nitrogens with zero attached hydrogens (tertiary/aromatic N) is 1. The predicted molar refractivity (Wildman–Crippen MR) is 106 cm³/mol. The fourth-order valence-corrected chi connectivity index (χ4v) is 2.93. The lowest BCUT2D eigenvalue weighted by Gasteiger charge is -2.27. The average Bonchev–Trinajstić information content (AvgIpc) is 3.04. The first-order valence-electron chi connectivity index (χ1n) is 8.94. The van der Waals surface area contributed by atoms with Crippen molar-refractivity contribution in [2.75, 3.05) is 11.9 Å². The van der Waals surface area contributed by atoms with Crippen LogP contribution >= 0.6 is 0 Å². The number of carbonyl (C=O) groups excluding carboxylic acids is 1. The third kappa shape index (κ3) is 3.99. The molecule has 1 aromatic heterocycles. The topological polar surface area (TPSA) is 57.4 Å². The molecule has 2 amide bonds. The van der Waals surface area contributed by atoms with Crippen molar-refractivity contribution in [2.24, 2.45) is 0 Å². The molecule has 0 aliphatic carbocycles. The molecule has 26 heavy (non-hydrogen) atoms. The first-order chi connectivity index (χ1) is 12.6. The van der Waals surface area contributed by atoms with Crippen LogP contribution in [0.15, 0.2) is 54.7 Å². The Morgan fingerprint density at radius 3 is 2.58 bits per heavy atom. The number of H-pyrrole nitrogens is 1. The number of carbonyl (C=O) groups is 1. The number of ether oxygens (including phenoxy) is 1. The number of aromatic nitrogens is 1. The Hall–Kier alpha value is -2.95. The molecule has 0 fully saturated rings. The summed E-state index contributed by atoms with van der Waals surface area (Å²) in [4.78, 5) is 17.9. The molecule has 5 nitrogen and oxygen atoms in total. The number of benzene rings is 2. The largest absolute Gasteiger partial charge is 0.494 e. The lowest BCUT2D eigenvalue weighted by atomic mass is 10.1. The highest BCUT2D eigenvalue weighted by atomic mass is 16.5. The fraction of sp³-hybridized carbons (Fsp3) is 0.286. The Balaban J connectivity index is 1.73. The van der Waals surface area contributed by atoms with Crippen LogP contribution in [0.25, 0.3) is 10.9 Å². The van der Waals surface area contributed by atoms with Crippen molar-refractivity contribution in [1.29, 1.82) is 0 Å². The molecule has 0 spiro atoms. The van der Waals surface area contributed by atoms with E-state index in [9.17, 15) is 4.79 Å². The van der Waals surface area contributed by atoms with Gasteiger partial charge >= 0.3 is 6.03 Å². The number of nitrogens with one attached hydrogen (secondary N) is 2. The zero-order chi connectivity index (χ0) is 18.5. The fourth-order valence-electron chi connectivity index (χ4n) is 2.93. The summed E-state index contributed by atoms with van der Waals surface area (Å²) in [5, 5.41) is 4.12. The molecule has 0 bridgehead atoms. The maximum Gasteiger partial charge on any atom is 0.322 e. The van der Waals surface area contributed by atoms with E-state index in [1.54, 1.807) is 0 Å². The molecule has 0 atom stereocenters. The Morgan fingerprint density at radius 2 is 1.88 bits per heavy atom. The predicted octanol–water partition coefficient (Wildman–Crippen LogP) is 5.01. The number of para-hydroxylation sites is 1. The molecule has 0 radical (unpaired) electrons. The van der Waals surface area contributed by atoms with Gasteiger partial charge in [-0.2, -0.15) is 0 Å². The van der Waals surface area contributed by atoms with Crippen LogP contribution in [-0.4, -0.2) is 28.6 Å². The average molecular weight is 351 g/mol. The molecule has 0 aliphatic heterocycles. The molecule has 1 heterocycles. The Labute approximate surface area is 154 Å². The Kier molecular flexibility index (Phi) is 5.46. The summed E-state index contributed by atoms with van der Waals surface area (Å²) in [5.41, 5.74) is 2.94. The Morgan fingerprint density at radius 1 is 1.15 bits per heavy atom. The van der Waals surface area contributed by atoms with E-state index in [1.807, 2.05) is 74.3 Å². The summed E-state index contributed by atoms with van der Waals surface area (Å²) >= 11 is 0. The van der Waals surface area contributed by atoms with Crippen LogP contribution in [0.2, 0.25) is 0 Å². The van der Waals surface area contributed by atoms with Gasteiger partial charge in [0.2, 0.25) is 0 Å². The molecule has 0 unspecified atom stereocenters. The van der Waals surface area contributed by atoms with E-state index < -0.39 is 0 Å². The number of fused-ring (bicyclic) bond motifs is 1. The summed E-state index contributed by atoms with van der Waals surface area (Å²) in [5.74, 6) is 0.796. The molecular weight excluding hydrogens is 326 g/mol. The number of urea groups is 1. The third-order valence-electron chi connectivity index (χ3n) is 4.32. The van der Waals surface area contributed by atoms with Gasteiger partial charge in [0.05, 0.1) is 6.61 Å². The molecule has 3 rings (SSSR count). The summed E-state index contributed by atoms with van der Waals surface area (Å²) < 4.78 is 5.44. The van der Waals surface area contributed by atoms with Crippen molar-refractivity contribution in [3.63, 3.8) is 0 Å². The molecular formula is C21H25N3O2. The van der Waals surface area contributed by atoms with Gasteiger partial charge in [0, 0.05) is 35.4 Å². The van der Waals surface area contributed by atoms with E-state index in [2.05, 4.69) is 16.4 Å². The number of hydrogen-bond donors (Lipinski definition) is 2. The molecule has 2 N–H and O–H groups in total. The molecule has 5 heteroatoms. The highest BCUT2D eigenvalue weighted by Crippen LogP contribution is 2.21. The minimum absolute atomic E-state index is 0.0753. The van der Waals surface area contributed by atoms with Gasteiger partial charge < -0.3 is 19.9 Å². The van der Waals surface area contributed by atoms with Crippen molar-refractivity contribution in [3.05, 3.63) is 60.3 Å². The first kappa shape index (κ1) is 17.9. The molecule has 2 aromatic carbocycles. The van der Waals surface area contributed by atoms with Crippen LogP contribution in [0.3, 0.4) is 0 Å². The maximum atomic E-state index is 12.8. The number of aromatic amines is 1. The van der Waals surface area contributed by atoms with Gasteiger partial charge in [-0.15, -0.1) is 0 Å². The van der Waals surface area contributed by atoms with Gasteiger partial charge in [-0.25, -0.2) is 4.79 Å². The van der Waals surface area contributed by atoms with Crippen molar-refractivity contribution >= 4 is 22.6 Å². The second kappa shape index (κ2) is 7.95. The molecule has 136 valence electrons. The van der Waals surface area contributed by atoms with E-state index in [0.29, 0.717) is 13.2 Å². The number of anilines is 1. The lowest BCUT2D eigenvalue weighted by Crippen LogP contribution is -2.39. The minimum Gasteiger partial charge on any atom is -0.494 e. The SMILES string of the molecule is CCOc1ccc(NC(=O)N(Cc2c[nH]c3ccccc23)C(C)C)cc1. The van der Waals surface area contributed by atoms with Gasteiger partial charge in [0.1, 0.15) is 5.75 Å². The van der Waals surface area contributed by atoms with E-state index in [-0.39, 0.29) is 12.1 Å². The van der Waals surface area contributed by atoms with E-state index in [1.165, 1.54) is 0 Å². The van der Waals surface area contributed by atoms with Crippen molar-refractivity contribution in [1.82, 2.24) is 9.88 Å². The molecule has 3 aromatic rings. The smallest absolute Gasteiger partial charge is 0.322 e. The van der Waals surface area contributed by atoms with E-state index in [0.717, 1.165) is 27.9 Å². The second-order valence-electron chi connectivity index (χ2n) is 6.47. The molecule has 0 saturated carbocycles. The van der Waals surface area contributed by atoms with Crippen LogP contribution in [0.1, 0.15) is 26.3 Å². The lowest BCUT2D eigenvalue weighted by molar-refractivity contribution is 0.194. The van der Waals surface area contributed by atoms with Gasteiger partial charge in [0.25, 0.3) is 0 Å². The van der Waals surface area contributed by atoms with E-state index >= 15 is 0 Å². The summed E-state index contributed by atoms with van der Waals surface area (Å²) in [6.45, 7) is 7.15. The third-order valence-corrected chi connectivity index (χ3v) is 4.32. The quantitative estimate of drug-likeness (QED) is 0.656. The standard InChI is InChI=1S/C21H25N3O2/c1-4-26-18-11-9-17(10-12-18)23-21(25)24(15(2)3)14-16-13-22-20-8-6-5-7-19(16)20/h5-13,15,22H,4,14H2,1-3H3,(H,23,25). The van der Waals surface area contributed by atoms with Gasteiger partial charge in [-0.05, 0) is 56.7 Å². The van der Waals surface area contributed by atoms with Crippen molar-refractivity contribution in [3.8, 4) is 5.75 Å². The van der Waals surface area contributed by atoms with Crippen LogP contribution in [0.5, 0.6) is 5.75 Å². The van der Waals surface area contributed by atoms with Crippen LogP contribution < -0.4 is 10.1 Å². The van der Waals surface area contributed by atoms with Crippen LogP contribution in [-0.2, 0) is 6.54 Å². The summed E-state index contributed by atoms with van der Waals surface area (Å²) in [6, 6.07) is 15.5. The highest BCUT2D eigenvalue weighted by molar-refractivity contribution is 5.90. The zero-order valence-electron chi connectivity index (χ0n) is 15.5. The van der Waals surface area contributed by atoms with Crippen LogP contribution in [0, 0.1) is 0 Å². The summed E-state index contributed by atoms with van der Waals surface area (Å²) in [6.07, 6.45) is 1.98. The minimum atomic E-state index is -0.116. The number of rotatable bonds is 6. The highest BCUT2D eigenvalue weighted by Gasteiger charge is 2.19. The number of hydrogen-bond acceptors (Lipinski definition) is 2. The van der Waals surface area contributed by atoms with Gasteiger partial charge in [-0.1, -0.05) is 18.2 Å². The van der Waals surface area contributed by atoms with E-state index in [4.69, 9.17) is 4.74 Å². The first-order valence-corrected chi connectivity index (χ1v) is 8.94. The Bertz CT molecular complexity index is 868. The van der Waals surface area contributed by atoms with Gasteiger partial charge in [0.15, 0.2) is 0 Å².